The Morgan fingerprint density at radius 3 is 2.62 bits per heavy atom. The lowest BCUT2D eigenvalue weighted by atomic mass is 10.2. The average molecular weight is 428 g/mol. The van der Waals surface area contributed by atoms with E-state index in [1.54, 1.807) is 0 Å². The molecule has 0 aromatic heterocycles. The fourth-order valence-electron chi connectivity index (χ4n) is 1.56. The third-order valence-corrected chi connectivity index (χ3v) is 4.67. The summed E-state index contributed by atoms with van der Waals surface area (Å²) in [5.41, 5.74) is -0.553. The Bertz CT molecular complexity index is 633. The van der Waals surface area contributed by atoms with E-state index in [1.807, 2.05) is 22.6 Å². The van der Waals surface area contributed by atoms with Gasteiger partial charge < -0.3 is 4.74 Å². The lowest BCUT2D eigenvalue weighted by molar-refractivity contribution is -0.387. The number of nitrogens with one attached hydrogen (secondary N) is 1. The number of benzene rings is 1. The van der Waals surface area contributed by atoms with Gasteiger partial charge in [-0.3, -0.25) is 14.9 Å². The van der Waals surface area contributed by atoms with Crippen LogP contribution in [-0.2, 0) is 19.6 Å². The third kappa shape index (κ3) is 4.61. The molecule has 0 saturated carbocycles. The van der Waals surface area contributed by atoms with Gasteiger partial charge in [0.1, 0.15) is 6.04 Å². The van der Waals surface area contributed by atoms with Crippen molar-refractivity contribution in [3.63, 3.8) is 0 Å². The minimum atomic E-state index is -4.21. The number of halogens is 1. The zero-order valence-corrected chi connectivity index (χ0v) is 14.0. The molecule has 1 aromatic rings. The van der Waals surface area contributed by atoms with Crippen molar-refractivity contribution in [2.75, 3.05) is 11.5 Å². The lowest BCUT2D eigenvalue weighted by Crippen LogP contribution is -2.41. The fraction of sp³-hybridized carbons (Fsp3) is 0.364. The molecule has 0 amide bonds. The van der Waals surface area contributed by atoms with E-state index in [0.717, 1.165) is 19.2 Å². The number of carbonyl (C=O) groups excluding carboxylic acids is 1. The first-order chi connectivity index (χ1) is 9.83. The van der Waals surface area contributed by atoms with E-state index in [2.05, 4.69) is 9.46 Å². The highest BCUT2D eigenvalue weighted by Crippen LogP contribution is 2.23. The number of carbonyl (C=O) groups is 1. The quantitative estimate of drug-likeness (QED) is 0.230. The van der Waals surface area contributed by atoms with Crippen LogP contribution in [0.1, 0.15) is 6.42 Å². The number of hydrogen-bond donors (Lipinski definition) is 1. The zero-order chi connectivity index (χ0) is 16.0. The van der Waals surface area contributed by atoms with Gasteiger partial charge in [0.15, 0.2) is 4.90 Å². The molecule has 1 atom stereocenters. The van der Waals surface area contributed by atoms with Crippen LogP contribution >= 0.6 is 22.6 Å². The highest BCUT2D eigenvalue weighted by Gasteiger charge is 2.30. The molecule has 1 rings (SSSR count). The maximum absolute atomic E-state index is 12.2. The molecule has 8 nitrogen and oxygen atoms in total. The molecular formula is C11H13IN2O6S. The van der Waals surface area contributed by atoms with E-state index in [-0.39, 0.29) is 6.42 Å². The Balaban J connectivity index is 3.16. The predicted molar refractivity (Wildman–Crippen MR) is 82.7 cm³/mol. The van der Waals surface area contributed by atoms with Gasteiger partial charge in [-0.25, -0.2) is 8.42 Å². The van der Waals surface area contributed by atoms with Crippen molar-refractivity contribution in [3.8, 4) is 0 Å². The van der Waals surface area contributed by atoms with Crippen LogP contribution in [0.15, 0.2) is 29.2 Å². The fourth-order valence-corrected chi connectivity index (χ4v) is 3.58. The summed E-state index contributed by atoms with van der Waals surface area (Å²) in [6, 6.07) is 3.84. The summed E-state index contributed by atoms with van der Waals surface area (Å²) in [4.78, 5) is 21.2. The van der Waals surface area contributed by atoms with E-state index in [4.69, 9.17) is 0 Å². The van der Waals surface area contributed by atoms with Crippen LogP contribution in [0.3, 0.4) is 0 Å². The second-order valence-corrected chi connectivity index (χ2v) is 6.66. The Morgan fingerprint density at radius 2 is 2.10 bits per heavy atom. The van der Waals surface area contributed by atoms with Crippen molar-refractivity contribution in [3.05, 3.63) is 34.4 Å². The molecule has 0 unspecified atom stereocenters. The number of nitro benzene ring substituents is 1. The molecule has 1 aromatic carbocycles. The molecular weight excluding hydrogens is 415 g/mol. The van der Waals surface area contributed by atoms with Crippen molar-refractivity contribution in [1.29, 1.82) is 0 Å². The van der Waals surface area contributed by atoms with Crippen molar-refractivity contribution in [2.45, 2.75) is 17.4 Å². The SMILES string of the molecule is COC(=O)[C@@H](CCI)NS(=O)(=O)c1ccccc1[N+](=O)[O-]. The number of esters is 1. The van der Waals surface area contributed by atoms with Gasteiger partial charge >= 0.3 is 5.97 Å². The summed E-state index contributed by atoms with van der Waals surface area (Å²) in [6.07, 6.45) is 0.215. The Hall–Kier alpha value is -1.27. The Morgan fingerprint density at radius 1 is 1.48 bits per heavy atom. The lowest BCUT2D eigenvalue weighted by Gasteiger charge is -2.15. The molecule has 10 heteroatoms. The number of para-hydroxylation sites is 1. The van der Waals surface area contributed by atoms with Crippen molar-refractivity contribution < 1.29 is 22.9 Å². The van der Waals surface area contributed by atoms with Gasteiger partial charge in [0.25, 0.3) is 5.69 Å². The average Bonchev–Trinajstić information content (AvgIpc) is 2.45. The minimum absolute atomic E-state index is 0.215. The Labute approximate surface area is 135 Å². The summed E-state index contributed by atoms with van der Waals surface area (Å²) in [6.45, 7) is 0. The van der Waals surface area contributed by atoms with Gasteiger partial charge in [0, 0.05) is 10.5 Å². The minimum Gasteiger partial charge on any atom is -0.468 e. The maximum atomic E-state index is 12.2. The molecule has 116 valence electrons. The topological polar surface area (TPSA) is 116 Å². The zero-order valence-electron chi connectivity index (χ0n) is 11.0. The van der Waals surface area contributed by atoms with E-state index in [1.165, 1.54) is 12.1 Å². The first-order valence-corrected chi connectivity index (χ1v) is 8.74. The maximum Gasteiger partial charge on any atom is 0.323 e. The number of alkyl halides is 1. The summed E-state index contributed by atoms with van der Waals surface area (Å²) in [5, 5.41) is 10.9. The van der Waals surface area contributed by atoms with Crippen LogP contribution in [0.5, 0.6) is 0 Å². The molecule has 1 N–H and O–H groups in total. The smallest absolute Gasteiger partial charge is 0.323 e. The van der Waals surface area contributed by atoms with Gasteiger partial charge in [-0.2, -0.15) is 4.72 Å². The number of ether oxygens (including phenoxy) is 1. The molecule has 0 radical (unpaired) electrons. The van der Waals surface area contributed by atoms with E-state index < -0.39 is 37.5 Å². The van der Waals surface area contributed by atoms with Gasteiger partial charge in [-0.1, -0.05) is 34.7 Å². The summed E-state index contributed by atoms with van der Waals surface area (Å²) in [7, 11) is -3.07. The van der Waals surface area contributed by atoms with Crippen LogP contribution < -0.4 is 4.72 Å². The summed E-state index contributed by atoms with van der Waals surface area (Å²) < 4.78 is 31.7. The summed E-state index contributed by atoms with van der Waals surface area (Å²) >= 11 is 1.99. The molecule has 0 aliphatic carbocycles. The van der Waals surface area contributed by atoms with Gasteiger partial charge in [-0.15, -0.1) is 0 Å². The molecule has 0 spiro atoms. The molecule has 0 bridgehead atoms. The van der Waals surface area contributed by atoms with Gasteiger partial charge in [-0.05, 0) is 12.5 Å². The van der Waals surface area contributed by atoms with Crippen LogP contribution in [0.2, 0.25) is 0 Å². The van der Waals surface area contributed by atoms with E-state index in [9.17, 15) is 23.3 Å². The molecule has 0 aliphatic heterocycles. The second kappa shape index (κ2) is 7.66. The highest BCUT2D eigenvalue weighted by molar-refractivity contribution is 14.1. The van der Waals surface area contributed by atoms with Crippen molar-refractivity contribution >= 4 is 44.3 Å². The highest BCUT2D eigenvalue weighted by atomic mass is 127. The standard InChI is InChI=1S/C11H13IN2O6S/c1-20-11(15)8(6-7-12)13-21(18,19)10-5-3-2-4-9(10)14(16)17/h2-5,8,13H,6-7H2,1H3/t8-/m1/s1. The normalized spacial score (nSPS) is 12.7. The van der Waals surface area contributed by atoms with Crippen LogP contribution in [0.4, 0.5) is 5.69 Å². The largest absolute Gasteiger partial charge is 0.468 e. The van der Waals surface area contributed by atoms with E-state index in [0.29, 0.717) is 4.43 Å². The number of methoxy groups -OCH3 is 1. The van der Waals surface area contributed by atoms with Crippen LogP contribution in [0.25, 0.3) is 0 Å². The third-order valence-electron chi connectivity index (χ3n) is 2.53. The second-order valence-electron chi connectivity index (χ2n) is 3.90. The number of sulfonamides is 1. The first kappa shape index (κ1) is 17.8. The van der Waals surface area contributed by atoms with Crippen LogP contribution in [0, 0.1) is 10.1 Å². The van der Waals surface area contributed by atoms with Crippen LogP contribution in [-0.4, -0.2) is 36.9 Å². The first-order valence-electron chi connectivity index (χ1n) is 5.73. The summed E-state index contributed by atoms with van der Waals surface area (Å²) in [5.74, 6) is -0.742. The van der Waals surface area contributed by atoms with Gasteiger partial charge in [0.05, 0.1) is 12.0 Å². The molecule has 21 heavy (non-hydrogen) atoms. The molecule has 0 heterocycles. The predicted octanol–water partition coefficient (Wildman–Crippen LogP) is 1.24. The number of rotatable bonds is 7. The van der Waals surface area contributed by atoms with Crippen molar-refractivity contribution in [1.82, 2.24) is 4.72 Å². The number of hydrogen-bond acceptors (Lipinski definition) is 6. The van der Waals surface area contributed by atoms with Crippen molar-refractivity contribution in [2.24, 2.45) is 0 Å². The van der Waals surface area contributed by atoms with E-state index >= 15 is 0 Å². The monoisotopic (exact) mass is 428 g/mol. The molecule has 0 fully saturated rings. The molecule has 0 aliphatic rings. The number of nitro groups is 1. The number of nitrogens with zero attached hydrogens (tertiary/aromatic N) is 1. The van der Waals surface area contributed by atoms with Gasteiger partial charge in [0.2, 0.25) is 10.0 Å². The Kier molecular flexibility index (Phi) is 6.48. The molecule has 0 saturated heterocycles.